The van der Waals surface area contributed by atoms with E-state index < -0.39 is 0 Å². The summed E-state index contributed by atoms with van der Waals surface area (Å²) in [5, 5.41) is 0. The summed E-state index contributed by atoms with van der Waals surface area (Å²) in [6, 6.07) is 13.8. The van der Waals surface area contributed by atoms with Gasteiger partial charge in [0, 0.05) is 39.3 Å². The minimum Gasteiger partial charge on any atom is -0.497 e. The van der Waals surface area contributed by atoms with Crippen molar-refractivity contribution in [2.45, 2.75) is 31.8 Å². The minimum absolute atomic E-state index is 0.118. The Morgan fingerprint density at radius 3 is 2.41 bits per heavy atom. The van der Waals surface area contributed by atoms with Crippen LogP contribution < -0.4 is 4.74 Å². The molecule has 2 aromatic rings. The van der Waals surface area contributed by atoms with E-state index in [9.17, 15) is 14.0 Å². The Labute approximate surface area is 188 Å². The number of hydrogen-bond acceptors (Lipinski definition) is 4. The highest BCUT2D eigenvalue weighted by atomic mass is 19.1. The van der Waals surface area contributed by atoms with Crippen molar-refractivity contribution in [3.05, 3.63) is 65.5 Å². The zero-order chi connectivity index (χ0) is 22.5. The van der Waals surface area contributed by atoms with Crippen LogP contribution in [0, 0.1) is 5.82 Å². The normalized spacial score (nSPS) is 19.8. The molecule has 170 valence electrons. The molecule has 4 rings (SSSR count). The van der Waals surface area contributed by atoms with E-state index in [4.69, 9.17) is 4.74 Å². The van der Waals surface area contributed by atoms with Gasteiger partial charge in [-0.1, -0.05) is 24.3 Å². The first-order valence-corrected chi connectivity index (χ1v) is 11.2. The molecule has 0 N–H and O–H groups in total. The third kappa shape index (κ3) is 5.27. The van der Waals surface area contributed by atoms with Gasteiger partial charge in [-0.15, -0.1) is 0 Å². The predicted octanol–water partition coefficient (Wildman–Crippen LogP) is 2.71. The van der Waals surface area contributed by atoms with Gasteiger partial charge in [0.25, 0.3) is 0 Å². The number of carbonyl (C=O) groups is 2. The number of nitrogens with zero attached hydrogens (tertiary/aromatic N) is 3. The van der Waals surface area contributed by atoms with Gasteiger partial charge in [-0.2, -0.15) is 0 Å². The standard InChI is InChI=1S/C25H30FN3O3/c1-32-22-9-5-19(6-10-22)17-24(30)28-13-2-12-27(15-16-28)23-11-14-29(25(23)31)18-20-3-7-21(26)8-4-20/h3-10,23H,2,11-18H2,1H3/t23-/m0/s1. The van der Waals surface area contributed by atoms with Crippen molar-refractivity contribution in [3.8, 4) is 5.75 Å². The van der Waals surface area contributed by atoms with Gasteiger partial charge >= 0.3 is 0 Å². The fraction of sp³-hybridized carbons (Fsp3) is 0.440. The molecule has 0 radical (unpaired) electrons. The van der Waals surface area contributed by atoms with Crippen LogP contribution in [0.5, 0.6) is 5.75 Å². The van der Waals surface area contributed by atoms with Crippen LogP contribution >= 0.6 is 0 Å². The largest absolute Gasteiger partial charge is 0.497 e. The van der Waals surface area contributed by atoms with Crippen molar-refractivity contribution in [3.63, 3.8) is 0 Å². The van der Waals surface area contributed by atoms with Crippen LogP contribution in [0.3, 0.4) is 0 Å². The summed E-state index contributed by atoms with van der Waals surface area (Å²) < 4.78 is 18.3. The van der Waals surface area contributed by atoms with E-state index in [2.05, 4.69) is 4.90 Å². The van der Waals surface area contributed by atoms with Crippen molar-refractivity contribution in [1.82, 2.24) is 14.7 Å². The molecule has 2 heterocycles. The quantitative estimate of drug-likeness (QED) is 0.695. The van der Waals surface area contributed by atoms with Gasteiger partial charge in [0.05, 0.1) is 19.6 Å². The number of rotatable bonds is 6. The predicted molar refractivity (Wildman–Crippen MR) is 120 cm³/mol. The molecule has 2 aliphatic heterocycles. The molecular weight excluding hydrogens is 409 g/mol. The molecule has 1 atom stereocenters. The first-order valence-electron chi connectivity index (χ1n) is 11.2. The summed E-state index contributed by atoms with van der Waals surface area (Å²) in [5.41, 5.74) is 1.91. The second kappa shape index (κ2) is 10.1. The number of amides is 2. The van der Waals surface area contributed by atoms with Crippen LogP contribution in [0.4, 0.5) is 4.39 Å². The van der Waals surface area contributed by atoms with Crippen LogP contribution in [0.2, 0.25) is 0 Å². The lowest BCUT2D eigenvalue weighted by Crippen LogP contribution is -2.44. The highest BCUT2D eigenvalue weighted by molar-refractivity contribution is 5.84. The third-order valence-corrected chi connectivity index (χ3v) is 6.39. The van der Waals surface area contributed by atoms with Crippen molar-refractivity contribution in [1.29, 1.82) is 0 Å². The highest BCUT2D eigenvalue weighted by Gasteiger charge is 2.36. The Hall–Kier alpha value is -2.93. The maximum absolute atomic E-state index is 13.1. The lowest BCUT2D eigenvalue weighted by Gasteiger charge is -2.26. The minimum atomic E-state index is -0.268. The monoisotopic (exact) mass is 439 g/mol. The van der Waals surface area contributed by atoms with Crippen LogP contribution in [-0.2, 0) is 22.6 Å². The smallest absolute Gasteiger partial charge is 0.240 e. The van der Waals surface area contributed by atoms with Gasteiger partial charge in [0.15, 0.2) is 0 Å². The van der Waals surface area contributed by atoms with Gasteiger partial charge in [0.1, 0.15) is 11.6 Å². The average molecular weight is 440 g/mol. The molecule has 6 nitrogen and oxygen atoms in total. The summed E-state index contributed by atoms with van der Waals surface area (Å²) in [6.45, 7) is 4.08. The molecule has 2 amide bonds. The van der Waals surface area contributed by atoms with E-state index in [1.54, 1.807) is 19.2 Å². The molecule has 7 heteroatoms. The molecule has 2 fully saturated rings. The van der Waals surface area contributed by atoms with Crippen molar-refractivity contribution >= 4 is 11.8 Å². The Bertz CT molecular complexity index is 932. The Morgan fingerprint density at radius 2 is 1.69 bits per heavy atom. The zero-order valence-electron chi connectivity index (χ0n) is 18.5. The fourth-order valence-corrected chi connectivity index (χ4v) is 4.56. The van der Waals surface area contributed by atoms with Gasteiger partial charge in [-0.3, -0.25) is 14.5 Å². The van der Waals surface area contributed by atoms with Crippen LogP contribution in [0.1, 0.15) is 24.0 Å². The number of benzene rings is 2. The zero-order valence-corrected chi connectivity index (χ0v) is 18.5. The Kier molecular flexibility index (Phi) is 7.05. The number of carbonyl (C=O) groups excluding carboxylic acids is 2. The number of methoxy groups -OCH3 is 1. The Morgan fingerprint density at radius 1 is 0.969 bits per heavy atom. The Balaban J connectivity index is 1.30. The van der Waals surface area contributed by atoms with E-state index >= 15 is 0 Å². The second-order valence-electron chi connectivity index (χ2n) is 8.49. The number of halogens is 1. The number of hydrogen-bond donors (Lipinski definition) is 0. The molecule has 0 aromatic heterocycles. The van der Waals surface area contributed by atoms with Crippen LogP contribution in [-0.4, -0.2) is 72.4 Å². The molecule has 0 bridgehead atoms. The summed E-state index contributed by atoms with van der Waals surface area (Å²) in [7, 11) is 1.63. The second-order valence-corrected chi connectivity index (χ2v) is 8.49. The summed E-state index contributed by atoms with van der Waals surface area (Å²) in [4.78, 5) is 31.8. The first-order chi connectivity index (χ1) is 15.5. The SMILES string of the molecule is COc1ccc(CC(=O)N2CCCN([C@H]3CCN(Cc4ccc(F)cc4)C3=O)CC2)cc1. The third-order valence-electron chi connectivity index (χ3n) is 6.39. The lowest BCUT2D eigenvalue weighted by molar-refractivity contribution is -0.132. The molecule has 0 aliphatic carbocycles. The molecule has 32 heavy (non-hydrogen) atoms. The van der Waals surface area contributed by atoms with Crippen molar-refractivity contribution in [2.75, 3.05) is 39.8 Å². The molecule has 2 saturated heterocycles. The van der Waals surface area contributed by atoms with E-state index in [0.29, 0.717) is 39.1 Å². The highest BCUT2D eigenvalue weighted by Crippen LogP contribution is 2.22. The van der Waals surface area contributed by atoms with Crippen molar-refractivity contribution < 1.29 is 18.7 Å². The molecule has 0 unspecified atom stereocenters. The summed E-state index contributed by atoms with van der Waals surface area (Å²) >= 11 is 0. The van der Waals surface area contributed by atoms with E-state index in [0.717, 1.165) is 36.3 Å². The maximum atomic E-state index is 13.1. The first kappa shape index (κ1) is 22.3. The molecular formula is C25H30FN3O3. The van der Waals surface area contributed by atoms with Gasteiger partial charge in [-0.25, -0.2) is 4.39 Å². The lowest BCUT2D eigenvalue weighted by atomic mass is 10.1. The number of ether oxygens (including phenoxy) is 1. The topological polar surface area (TPSA) is 53.1 Å². The van der Waals surface area contributed by atoms with E-state index in [-0.39, 0.29) is 23.7 Å². The van der Waals surface area contributed by atoms with Gasteiger partial charge in [0.2, 0.25) is 11.8 Å². The van der Waals surface area contributed by atoms with Gasteiger partial charge < -0.3 is 14.5 Å². The summed E-state index contributed by atoms with van der Waals surface area (Å²) in [5.74, 6) is 0.761. The molecule has 2 aromatic carbocycles. The molecule has 0 saturated carbocycles. The van der Waals surface area contributed by atoms with Crippen LogP contribution in [0.15, 0.2) is 48.5 Å². The average Bonchev–Trinajstić information content (AvgIpc) is 3.00. The maximum Gasteiger partial charge on any atom is 0.240 e. The van der Waals surface area contributed by atoms with Gasteiger partial charge in [-0.05, 0) is 48.2 Å². The molecule has 2 aliphatic rings. The molecule has 0 spiro atoms. The fourth-order valence-electron chi connectivity index (χ4n) is 4.56. The van der Waals surface area contributed by atoms with Crippen molar-refractivity contribution in [2.24, 2.45) is 0 Å². The van der Waals surface area contributed by atoms with Crippen LogP contribution in [0.25, 0.3) is 0 Å². The van der Waals surface area contributed by atoms with E-state index in [1.165, 1.54) is 12.1 Å². The summed E-state index contributed by atoms with van der Waals surface area (Å²) in [6.07, 6.45) is 2.02. The number of likely N-dealkylation sites (tertiary alicyclic amines) is 1. The van der Waals surface area contributed by atoms with E-state index in [1.807, 2.05) is 34.1 Å².